The Bertz CT molecular complexity index is 1230. The number of thiocarbonyl (C=S) groups is 1. The average molecular weight is 492 g/mol. The van der Waals surface area contributed by atoms with E-state index in [1.807, 2.05) is 0 Å². The predicted molar refractivity (Wildman–Crippen MR) is 127 cm³/mol. The first kappa shape index (κ1) is 23.3. The van der Waals surface area contributed by atoms with Crippen molar-refractivity contribution >= 4 is 63.9 Å². The number of furan rings is 1. The lowest BCUT2D eigenvalue weighted by molar-refractivity contribution is -0.385. The number of hydrogen-bond donors (Lipinski definition) is 2. The number of amides is 1. The van der Waals surface area contributed by atoms with Gasteiger partial charge in [-0.25, -0.2) is 0 Å². The van der Waals surface area contributed by atoms with Gasteiger partial charge in [-0.3, -0.25) is 20.2 Å². The van der Waals surface area contributed by atoms with Gasteiger partial charge in [-0.1, -0.05) is 23.2 Å². The molecule has 0 bridgehead atoms. The van der Waals surface area contributed by atoms with Crippen molar-refractivity contribution in [3.63, 3.8) is 0 Å². The van der Waals surface area contributed by atoms with Gasteiger partial charge in [0.2, 0.25) is 5.91 Å². The Labute approximate surface area is 197 Å². The van der Waals surface area contributed by atoms with E-state index < -0.39 is 10.8 Å². The summed E-state index contributed by atoms with van der Waals surface area (Å²) in [5, 5.41) is 17.2. The number of hydrogen-bond acceptors (Lipinski definition) is 6. The Kier molecular flexibility index (Phi) is 7.47. The smallest absolute Gasteiger partial charge is 0.312 e. The van der Waals surface area contributed by atoms with Crippen LogP contribution in [0, 0.1) is 10.1 Å². The number of halogens is 2. The van der Waals surface area contributed by atoms with Crippen molar-refractivity contribution in [2.75, 3.05) is 12.4 Å². The fourth-order valence-corrected chi connectivity index (χ4v) is 3.38. The van der Waals surface area contributed by atoms with Gasteiger partial charge in [0, 0.05) is 28.4 Å². The Morgan fingerprint density at radius 3 is 2.66 bits per heavy atom. The van der Waals surface area contributed by atoms with E-state index in [0.717, 1.165) is 0 Å². The van der Waals surface area contributed by atoms with Gasteiger partial charge in [-0.15, -0.1) is 0 Å². The zero-order chi connectivity index (χ0) is 23.3. The maximum absolute atomic E-state index is 12.1. The molecule has 2 N–H and O–H groups in total. The summed E-state index contributed by atoms with van der Waals surface area (Å²) >= 11 is 17.2. The number of rotatable bonds is 6. The third-order valence-electron chi connectivity index (χ3n) is 4.09. The van der Waals surface area contributed by atoms with Crippen LogP contribution in [0.1, 0.15) is 5.76 Å². The fourth-order valence-electron chi connectivity index (χ4n) is 2.66. The molecule has 0 saturated carbocycles. The van der Waals surface area contributed by atoms with Gasteiger partial charge in [0.25, 0.3) is 0 Å². The minimum Gasteiger partial charge on any atom is -0.490 e. The van der Waals surface area contributed by atoms with Crippen LogP contribution in [-0.4, -0.2) is 23.1 Å². The normalized spacial score (nSPS) is 10.7. The second kappa shape index (κ2) is 10.3. The number of nitrogens with zero attached hydrogens (tertiary/aromatic N) is 1. The van der Waals surface area contributed by atoms with Crippen LogP contribution in [0.15, 0.2) is 59.0 Å². The van der Waals surface area contributed by atoms with E-state index in [9.17, 15) is 14.9 Å². The molecule has 0 radical (unpaired) electrons. The molecule has 1 amide bonds. The summed E-state index contributed by atoms with van der Waals surface area (Å²) in [4.78, 5) is 22.7. The van der Waals surface area contributed by atoms with Crippen molar-refractivity contribution in [2.24, 2.45) is 0 Å². The van der Waals surface area contributed by atoms with Gasteiger partial charge in [0.15, 0.2) is 10.9 Å². The van der Waals surface area contributed by atoms with Crippen molar-refractivity contribution in [3.8, 4) is 17.1 Å². The minimum absolute atomic E-state index is 0.0350. The van der Waals surface area contributed by atoms with Crippen molar-refractivity contribution in [1.82, 2.24) is 5.32 Å². The van der Waals surface area contributed by atoms with E-state index in [4.69, 9.17) is 44.6 Å². The number of methoxy groups -OCH3 is 1. The highest BCUT2D eigenvalue weighted by Crippen LogP contribution is 2.32. The number of nitro groups is 1. The molecule has 0 spiro atoms. The predicted octanol–water partition coefficient (Wildman–Crippen LogP) is 5.70. The maximum atomic E-state index is 12.1. The molecule has 0 atom stereocenters. The van der Waals surface area contributed by atoms with Crippen molar-refractivity contribution in [3.05, 3.63) is 80.5 Å². The maximum Gasteiger partial charge on any atom is 0.312 e. The standard InChI is InChI=1S/C21H15Cl2N3O5S/c1-30-19-7-3-13(11-17(19)26(28)29)24-21(32)25-20(27)9-5-14-4-8-18(31-14)15-6-2-12(22)10-16(15)23/h2-11H,1H3,(H2,24,25,27,32)/b9-5+. The molecular weight excluding hydrogens is 477 g/mol. The molecule has 164 valence electrons. The van der Waals surface area contributed by atoms with E-state index in [1.54, 1.807) is 30.3 Å². The first-order valence-corrected chi connectivity index (χ1v) is 10.1. The van der Waals surface area contributed by atoms with Crippen LogP contribution in [-0.2, 0) is 4.79 Å². The summed E-state index contributed by atoms with van der Waals surface area (Å²) in [5.41, 5.74) is 0.752. The van der Waals surface area contributed by atoms with Crippen LogP contribution < -0.4 is 15.4 Å². The summed E-state index contributed by atoms with van der Waals surface area (Å²) in [6.07, 6.45) is 2.69. The molecule has 0 aliphatic heterocycles. The second-order valence-electron chi connectivity index (χ2n) is 6.25. The number of carbonyl (C=O) groups is 1. The van der Waals surface area contributed by atoms with Gasteiger partial charge in [0.05, 0.1) is 17.1 Å². The highest BCUT2D eigenvalue weighted by molar-refractivity contribution is 7.80. The summed E-state index contributed by atoms with van der Waals surface area (Å²) in [6.45, 7) is 0. The van der Waals surface area contributed by atoms with Crippen LogP contribution in [0.3, 0.4) is 0 Å². The Balaban J connectivity index is 1.61. The molecule has 2 aromatic carbocycles. The van der Waals surface area contributed by atoms with Crippen LogP contribution in [0.5, 0.6) is 5.75 Å². The molecular formula is C21H15Cl2N3O5S. The van der Waals surface area contributed by atoms with Gasteiger partial charge in [-0.2, -0.15) is 0 Å². The highest BCUT2D eigenvalue weighted by atomic mass is 35.5. The lowest BCUT2D eigenvalue weighted by atomic mass is 10.2. The zero-order valence-electron chi connectivity index (χ0n) is 16.4. The number of benzene rings is 2. The molecule has 11 heteroatoms. The van der Waals surface area contributed by atoms with Crippen molar-refractivity contribution < 1.29 is 18.9 Å². The topological polar surface area (TPSA) is 107 Å². The van der Waals surface area contributed by atoms with Gasteiger partial charge < -0.3 is 14.5 Å². The number of carbonyl (C=O) groups excluding carboxylic acids is 1. The molecule has 3 aromatic rings. The second-order valence-corrected chi connectivity index (χ2v) is 7.50. The number of anilines is 1. The van der Waals surface area contributed by atoms with E-state index in [2.05, 4.69) is 10.6 Å². The Hall–Kier alpha value is -3.40. The van der Waals surface area contributed by atoms with Crippen LogP contribution in [0.25, 0.3) is 17.4 Å². The molecule has 0 aliphatic carbocycles. The Morgan fingerprint density at radius 2 is 1.97 bits per heavy atom. The van der Waals surface area contributed by atoms with E-state index in [1.165, 1.54) is 37.5 Å². The molecule has 1 heterocycles. The first-order chi connectivity index (χ1) is 15.3. The monoisotopic (exact) mass is 491 g/mol. The van der Waals surface area contributed by atoms with E-state index in [-0.39, 0.29) is 16.5 Å². The number of nitrogens with one attached hydrogen (secondary N) is 2. The third kappa shape index (κ3) is 5.85. The van der Waals surface area contributed by atoms with Gasteiger partial charge >= 0.3 is 5.69 Å². The van der Waals surface area contributed by atoms with E-state index in [0.29, 0.717) is 32.8 Å². The molecule has 0 fully saturated rings. The summed E-state index contributed by atoms with van der Waals surface area (Å²) in [6, 6.07) is 12.6. The van der Waals surface area contributed by atoms with Crippen LogP contribution >= 0.6 is 35.4 Å². The summed E-state index contributed by atoms with van der Waals surface area (Å²) in [5.74, 6) is 0.528. The molecule has 0 aliphatic rings. The number of ether oxygens (including phenoxy) is 1. The highest BCUT2D eigenvalue weighted by Gasteiger charge is 2.16. The van der Waals surface area contributed by atoms with Crippen molar-refractivity contribution in [2.45, 2.75) is 0 Å². The molecule has 8 nitrogen and oxygen atoms in total. The first-order valence-electron chi connectivity index (χ1n) is 8.94. The lowest BCUT2D eigenvalue weighted by Gasteiger charge is -2.09. The summed E-state index contributed by atoms with van der Waals surface area (Å²) in [7, 11) is 1.33. The minimum atomic E-state index is -0.580. The lowest BCUT2D eigenvalue weighted by Crippen LogP contribution is -2.32. The zero-order valence-corrected chi connectivity index (χ0v) is 18.8. The van der Waals surface area contributed by atoms with Crippen LogP contribution in [0.2, 0.25) is 10.0 Å². The molecule has 3 rings (SSSR count). The largest absolute Gasteiger partial charge is 0.490 e. The third-order valence-corrected chi connectivity index (χ3v) is 4.84. The van der Waals surface area contributed by atoms with Crippen molar-refractivity contribution in [1.29, 1.82) is 0 Å². The molecule has 0 unspecified atom stereocenters. The average Bonchev–Trinajstić information content (AvgIpc) is 3.20. The SMILES string of the molecule is COc1ccc(NC(=S)NC(=O)/C=C/c2ccc(-c3ccc(Cl)cc3Cl)o2)cc1[N+](=O)[O-]. The fraction of sp³-hybridized carbons (Fsp3) is 0.0476. The van der Waals surface area contributed by atoms with E-state index >= 15 is 0 Å². The Morgan fingerprint density at radius 1 is 1.19 bits per heavy atom. The molecule has 0 saturated heterocycles. The summed E-state index contributed by atoms with van der Waals surface area (Å²) < 4.78 is 10.6. The van der Waals surface area contributed by atoms with Gasteiger partial charge in [0.1, 0.15) is 11.5 Å². The van der Waals surface area contributed by atoms with Gasteiger partial charge in [-0.05, 0) is 60.8 Å². The number of nitro benzene ring substituents is 1. The molecule has 1 aromatic heterocycles. The van der Waals surface area contributed by atoms with Crippen LogP contribution in [0.4, 0.5) is 11.4 Å². The molecule has 32 heavy (non-hydrogen) atoms. The quantitative estimate of drug-likeness (QED) is 0.197.